The van der Waals surface area contributed by atoms with Gasteiger partial charge in [0.15, 0.2) is 11.6 Å². The van der Waals surface area contributed by atoms with Crippen molar-refractivity contribution in [3.05, 3.63) is 64.1 Å². The maximum absolute atomic E-state index is 13.3. The first kappa shape index (κ1) is 17.2. The van der Waals surface area contributed by atoms with E-state index in [1.54, 1.807) is 18.5 Å². The van der Waals surface area contributed by atoms with Crippen molar-refractivity contribution >= 4 is 17.2 Å². The highest BCUT2D eigenvalue weighted by atomic mass is 32.1. The number of carbonyl (C=O) groups excluding carboxylic acids is 1. The van der Waals surface area contributed by atoms with Crippen LogP contribution in [0.1, 0.15) is 15.2 Å². The fourth-order valence-electron chi connectivity index (χ4n) is 2.42. The minimum absolute atomic E-state index is 0.185. The van der Waals surface area contributed by atoms with Crippen LogP contribution >= 0.6 is 11.3 Å². The highest BCUT2D eigenvalue weighted by Crippen LogP contribution is 2.24. The summed E-state index contributed by atoms with van der Waals surface area (Å²) in [6.07, 6.45) is 3.74. The summed E-state index contributed by atoms with van der Waals surface area (Å²) in [5.41, 5.74) is 8.07. The van der Waals surface area contributed by atoms with Crippen molar-refractivity contribution in [2.45, 2.75) is 12.5 Å². The maximum atomic E-state index is 13.3. The van der Waals surface area contributed by atoms with E-state index in [-0.39, 0.29) is 18.5 Å². The van der Waals surface area contributed by atoms with Crippen molar-refractivity contribution in [2.24, 2.45) is 5.73 Å². The lowest BCUT2D eigenvalue weighted by atomic mass is 10.1. The lowest BCUT2D eigenvalue weighted by molar-refractivity contribution is 0.0942. The van der Waals surface area contributed by atoms with E-state index in [9.17, 15) is 13.6 Å². The van der Waals surface area contributed by atoms with Gasteiger partial charge in [-0.15, -0.1) is 11.3 Å². The molecule has 1 atom stereocenters. The van der Waals surface area contributed by atoms with Gasteiger partial charge in [-0.1, -0.05) is 6.07 Å². The van der Waals surface area contributed by atoms with Crippen LogP contribution in [0.5, 0.6) is 0 Å². The predicted octanol–water partition coefficient (Wildman–Crippen LogP) is 2.72. The molecule has 3 rings (SSSR count). The molecule has 25 heavy (non-hydrogen) atoms. The lowest BCUT2D eigenvalue weighted by Gasteiger charge is -2.16. The number of carbonyl (C=O) groups is 1. The molecule has 5 nitrogen and oxygen atoms in total. The average Bonchev–Trinajstić information content (AvgIpc) is 3.28. The third-order valence-corrected chi connectivity index (χ3v) is 4.67. The number of thiophene rings is 1. The summed E-state index contributed by atoms with van der Waals surface area (Å²) in [5.74, 6) is -2.07. The van der Waals surface area contributed by atoms with Gasteiger partial charge in [0.05, 0.1) is 11.1 Å². The Labute approximate surface area is 146 Å². The molecule has 130 valence electrons. The third-order valence-electron chi connectivity index (χ3n) is 3.74. The average molecular weight is 362 g/mol. The Morgan fingerprint density at radius 1 is 1.28 bits per heavy atom. The van der Waals surface area contributed by atoms with E-state index in [0.29, 0.717) is 16.9 Å². The fraction of sp³-hybridized carbons (Fsp3) is 0.176. The topological polar surface area (TPSA) is 83.8 Å². The highest BCUT2D eigenvalue weighted by Gasteiger charge is 2.16. The van der Waals surface area contributed by atoms with E-state index in [4.69, 9.17) is 5.73 Å². The number of H-pyrrole nitrogens is 1. The Morgan fingerprint density at radius 3 is 2.80 bits per heavy atom. The molecule has 1 amide bonds. The van der Waals surface area contributed by atoms with Gasteiger partial charge in [-0.25, -0.2) is 8.78 Å². The summed E-state index contributed by atoms with van der Waals surface area (Å²) in [4.78, 5) is 12.9. The summed E-state index contributed by atoms with van der Waals surface area (Å²) >= 11 is 1.31. The molecule has 0 saturated carbocycles. The number of hydrogen-bond donors (Lipinski definition) is 3. The molecule has 4 N–H and O–H groups in total. The van der Waals surface area contributed by atoms with E-state index in [1.165, 1.54) is 17.4 Å². The van der Waals surface area contributed by atoms with Crippen LogP contribution in [-0.2, 0) is 6.42 Å². The van der Waals surface area contributed by atoms with E-state index in [1.807, 2.05) is 5.38 Å². The molecular weight excluding hydrogens is 346 g/mol. The Bertz CT molecular complexity index is 863. The molecule has 1 aromatic carbocycles. The van der Waals surface area contributed by atoms with Gasteiger partial charge in [-0.2, -0.15) is 5.10 Å². The minimum Gasteiger partial charge on any atom is -0.347 e. The molecule has 0 spiro atoms. The molecule has 0 bridgehead atoms. The number of nitrogens with zero attached hydrogens (tertiary/aromatic N) is 1. The molecule has 0 saturated heterocycles. The van der Waals surface area contributed by atoms with Crippen LogP contribution in [0.15, 0.2) is 42.0 Å². The summed E-state index contributed by atoms with van der Waals surface area (Å²) in [6.45, 7) is 0.185. The molecule has 0 fully saturated rings. The number of benzene rings is 1. The lowest BCUT2D eigenvalue weighted by Crippen LogP contribution is -2.41. The number of halogens is 2. The Morgan fingerprint density at radius 2 is 2.12 bits per heavy atom. The van der Waals surface area contributed by atoms with Crippen molar-refractivity contribution in [1.29, 1.82) is 0 Å². The summed E-state index contributed by atoms with van der Waals surface area (Å²) < 4.78 is 26.3. The molecule has 1 unspecified atom stereocenters. The number of nitrogens with two attached hydrogens (primary N) is 1. The van der Waals surface area contributed by atoms with Gasteiger partial charge in [0.2, 0.25) is 0 Å². The van der Waals surface area contributed by atoms with Gasteiger partial charge in [0.25, 0.3) is 5.91 Å². The molecule has 2 aromatic heterocycles. The van der Waals surface area contributed by atoms with Crippen molar-refractivity contribution in [3.8, 4) is 11.1 Å². The fourth-order valence-corrected chi connectivity index (χ4v) is 3.24. The van der Waals surface area contributed by atoms with E-state index in [2.05, 4.69) is 15.5 Å². The van der Waals surface area contributed by atoms with Gasteiger partial charge < -0.3 is 11.1 Å². The standard InChI is InChI=1S/C17H16F2N4OS/c18-14-2-1-10(4-15(14)19)3-13(6-20)23-17(24)16-5-11(9-25-16)12-7-21-22-8-12/h1-2,4-5,7-9,13H,3,6,20H2,(H,21,22)(H,23,24). The van der Waals surface area contributed by atoms with E-state index < -0.39 is 11.6 Å². The van der Waals surface area contributed by atoms with Gasteiger partial charge >= 0.3 is 0 Å². The first-order valence-electron chi connectivity index (χ1n) is 7.59. The second-order valence-corrected chi connectivity index (χ2v) is 6.46. The van der Waals surface area contributed by atoms with E-state index in [0.717, 1.165) is 23.3 Å². The van der Waals surface area contributed by atoms with Crippen molar-refractivity contribution in [2.75, 3.05) is 6.54 Å². The number of nitrogens with one attached hydrogen (secondary N) is 2. The monoisotopic (exact) mass is 362 g/mol. The first-order valence-corrected chi connectivity index (χ1v) is 8.47. The van der Waals surface area contributed by atoms with Crippen LogP contribution in [-0.4, -0.2) is 28.7 Å². The van der Waals surface area contributed by atoms with Crippen LogP contribution in [0.2, 0.25) is 0 Å². The largest absolute Gasteiger partial charge is 0.347 e. The maximum Gasteiger partial charge on any atom is 0.261 e. The van der Waals surface area contributed by atoms with Crippen LogP contribution < -0.4 is 11.1 Å². The van der Waals surface area contributed by atoms with Gasteiger partial charge in [-0.3, -0.25) is 9.89 Å². The second-order valence-electron chi connectivity index (χ2n) is 5.55. The van der Waals surface area contributed by atoms with Crippen molar-refractivity contribution in [3.63, 3.8) is 0 Å². The molecule has 0 aliphatic heterocycles. The first-order chi connectivity index (χ1) is 12.1. The Hall–Kier alpha value is -2.58. The molecule has 0 aliphatic rings. The van der Waals surface area contributed by atoms with Crippen LogP contribution in [0.3, 0.4) is 0 Å². The summed E-state index contributed by atoms with van der Waals surface area (Å²) in [7, 11) is 0. The van der Waals surface area contributed by atoms with E-state index >= 15 is 0 Å². The summed E-state index contributed by atoms with van der Waals surface area (Å²) in [5, 5.41) is 11.3. The zero-order valence-corrected chi connectivity index (χ0v) is 13.9. The van der Waals surface area contributed by atoms with Crippen molar-refractivity contribution in [1.82, 2.24) is 15.5 Å². The molecule has 3 aromatic rings. The molecule has 0 aliphatic carbocycles. The normalized spacial score (nSPS) is 12.1. The molecule has 8 heteroatoms. The second kappa shape index (κ2) is 7.54. The van der Waals surface area contributed by atoms with Crippen LogP contribution in [0.4, 0.5) is 8.78 Å². The number of aromatic nitrogens is 2. The van der Waals surface area contributed by atoms with Crippen LogP contribution in [0, 0.1) is 11.6 Å². The minimum atomic E-state index is -0.914. The van der Waals surface area contributed by atoms with Crippen molar-refractivity contribution < 1.29 is 13.6 Å². The molecule has 0 radical (unpaired) electrons. The third kappa shape index (κ3) is 4.09. The smallest absolute Gasteiger partial charge is 0.261 e. The molecule has 2 heterocycles. The predicted molar refractivity (Wildman–Crippen MR) is 92.3 cm³/mol. The highest BCUT2D eigenvalue weighted by molar-refractivity contribution is 7.12. The summed E-state index contributed by atoms with van der Waals surface area (Å²) in [6, 6.07) is 5.06. The zero-order chi connectivity index (χ0) is 17.8. The number of hydrogen-bond acceptors (Lipinski definition) is 4. The zero-order valence-electron chi connectivity index (χ0n) is 13.1. The number of aromatic amines is 1. The van der Waals surface area contributed by atoms with Gasteiger partial charge in [0, 0.05) is 24.3 Å². The quantitative estimate of drug-likeness (QED) is 0.630. The van der Waals surface area contributed by atoms with Crippen LogP contribution in [0.25, 0.3) is 11.1 Å². The number of rotatable bonds is 6. The van der Waals surface area contributed by atoms with Gasteiger partial charge in [0.1, 0.15) is 0 Å². The number of amides is 1. The Kier molecular flexibility index (Phi) is 5.20. The molecular formula is C17H16F2N4OS. The SMILES string of the molecule is NCC(Cc1ccc(F)c(F)c1)NC(=O)c1cc(-c2cn[nH]c2)cs1. The van der Waals surface area contributed by atoms with Gasteiger partial charge in [-0.05, 0) is 41.1 Å². The Balaban J connectivity index is 1.66.